The molecule has 0 spiro atoms. The number of allylic oxidation sites excluding steroid dienone is 3. The standard InChI is InChI=1S/C8H11N/c1-7(2)8-4-3-5-9-6-8/h3,5-6,9H,1,4H2,2H3. The van der Waals surface area contributed by atoms with Crippen molar-refractivity contribution in [3.05, 3.63) is 36.2 Å². The maximum absolute atomic E-state index is 3.84. The Morgan fingerprint density at radius 2 is 2.56 bits per heavy atom. The summed E-state index contributed by atoms with van der Waals surface area (Å²) in [6.45, 7) is 5.86. The van der Waals surface area contributed by atoms with Crippen LogP contribution in [0.1, 0.15) is 13.3 Å². The van der Waals surface area contributed by atoms with Crippen molar-refractivity contribution in [3.8, 4) is 0 Å². The van der Waals surface area contributed by atoms with Crippen molar-refractivity contribution in [1.82, 2.24) is 5.32 Å². The van der Waals surface area contributed by atoms with E-state index in [2.05, 4.69) is 18.0 Å². The van der Waals surface area contributed by atoms with E-state index in [1.54, 1.807) is 0 Å². The fraction of sp³-hybridized carbons (Fsp3) is 0.250. The topological polar surface area (TPSA) is 12.0 Å². The largest absolute Gasteiger partial charge is 0.368 e. The molecular weight excluding hydrogens is 110 g/mol. The highest BCUT2D eigenvalue weighted by Crippen LogP contribution is 2.12. The molecule has 1 heteroatoms. The van der Waals surface area contributed by atoms with Crippen molar-refractivity contribution < 1.29 is 0 Å². The maximum Gasteiger partial charge on any atom is 0.00422 e. The lowest BCUT2D eigenvalue weighted by molar-refractivity contribution is 1.05. The molecule has 1 nitrogen and oxygen atoms in total. The van der Waals surface area contributed by atoms with E-state index in [9.17, 15) is 0 Å². The highest BCUT2D eigenvalue weighted by atomic mass is 14.8. The van der Waals surface area contributed by atoms with Crippen LogP contribution in [0.2, 0.25) is 0 Å². The average Bonchev–Trinajstić information content (AvgIpc) is 1.90. The fourth-order valence-corrected chi connectivity index (χ4v) is 0.759. The zero-order valence-electron chi connectivity index (χ0n) is 5.65. The fourth-order valence-electron chi connectivity index (χ4n) is 0.759. The molecule has 1 N–H and O–H groups in total. The molecule has 0 saturated carbocycles. The third-order valence-electron chi connectivity index (χ3n) is 1.36. The van der Waals surface area contributed by atoms with Crippen molar-refractivity contribution in [3.63, 3.8) is 0 Å². The van der Waals surface area contributed by atoms with Gasteiger partial charge in [0.05, 0.1) is 0 Å². The monoisotopic (exact) mass is 121 g/mol. The van der Waals surface area contributed by atoms with Gasteiger partial charge in [-0.05, 0) is 25.1 Å². The van der Waals surface area contributed by atoms with E-state index in [0.29, 0.717) is 0 Å². The van der Waals surface area contributed by atoms with Crippen LogP contribution in [-0.4, -0.2) is 0 Å². The molecule has 48 valence electrons. The van der Waals surface area contributed by atoms with E-state index in [4.69, 9.17) is 0 Å². The number of dihydropyridines is 1. The molecule has 1 aliphatic heterocycles. The number of hydrogen-bond acceptors (Lipinski definition) is 1. The quantitative estimate of drug-likeness (QED) is 0.559. The molecule has 1 heterocycles. The summed E-state index contributed by atoms with van der Waals surface area (Å²) >= 11 is 0. The van der Waals surface area contributed by atoms with Crippen LogP contribution in [-0.2, 0) is 0 Å². The van der Waals surface area contributed by atoms with Crippen molar-refractivity contribution in [1.29, 1.82) is 0 Å². The van der Waals surface area contributed by atoms with Crippen LogP contribution in [0.4, 0.5) is 0 Å². The predicted octanol–water partition coefficient (Wildman–Crippen LogP) is 1.95. The Bertz CT molecular complexity index is 175. The Labute approximate surface area is 55.8 Å². The van der Waals surface area contributed by atoms with Crippen molar-refractivity contribution in [2.45, 2.75) is 13.3 Å². The normalized spacial score (nSPS) is 16.3. The van der Waals surface area contributed by atoms with Gasteiger partial charge >= 0.3 is 0 Å². The molecule has 0 aromatic rings. The number of hydrogen-bond donors (Lipinski definition) is 1. The second-order valence-electron chi connectivity index (χ2n) is 2.22. The molecule has 0 aliphatic carbocycles. The Morgan fingerprint density at radius 3 is 2.89 bits per heavy atom. The van der Waals surface area contributed by atoms with Gasteiger partial charge in [-0.25, -0.2) is 0 Å². The zero-order valence-corrected chi connectivity index (χ0v) is 5.65. The van der Waals surface area contributed by atoms with E-state index in [-0.39, 0.29) is 0 Å². The van der Waals surface area contributed by atoms with Crippen LogP contribution in [0.5, 0.6) is 0 Å². The molecule has 0 aromatic carbocycles. The number of nitrogens with one attached hydrogen (secondary N) is 1. The first-order chi connectivity index (χ1) is 4.30. The molecule has 1 rings (SSSR count). The predicted molar refractivity (Wildman–Crippen MR) is 39.8 cm³/mol. The van der Waals surface area contributed by atoms with E-state index in [0.717, 1.165) is 12.0 Å². The van der Waals surface area contributed by atoms with E-state index in [1.165, 1.54) is 5.57 Å². The Balaban J connectivity index is 2.61. The van der Waals surface area contributed by atoms with Gasteiger partial charge in [-0.2, -0.15) is 0 Å². The first kappa shape index (κ1) is 6.14. The van der Waals surface area contributed by atoms with Crippen LogP contribution in [0.15, 0.2) is 36.2 Å². The molecule has 0 atom stereocenters. The molecular formula is C8H11N. The zero-order chi connectivity index (χ0) is 6.69. The van der Waals surface area contributed by atoms with Crippen molar-refractivity contribution >= 4 is 0 Å². The highest BCUT2D eigenvalue weighted by molar-refractivity contribution is 5.30. The first-order valence-corrected chi connectivity index (χ1v) is 3.06. The first-order valence-electron chi connectivity index (χ1n) is 3.06. The van der Waals surface area contributed by atoms with Gasteiger partial charge < -0.3 is 5.32 Å². The second kappa shape index (κ2) is 2.53. The Morgan fingerprint density at radius 1 is 1.78 bits per heavy atom. The summed E-state index contributed by atoms with van der Waals surface area (Å²) in [6.07, 6.45) is 7.03. The lowest BCUT2D eigenvalue weighted by atomic mass is 10.1. The van der Waals surface area contributed by atoms with E-state index in [1.807, 2.05) is 19.3 Å². The molecule has 0 unspecified atom stereocenters. The molecule has 0 aromatic heterocycles. The van der Waals surface area contributed by atoms with Gasteiger partial charge in [-0.1, -0.05) is 18.2 Å². The third kappa shape index (κ3) is 1.46. The summed E-state index contributed by atoms with van der Waals surface area (Å²) in [5, 5.41) is 3.01. The van der Waals surface area contributed by atoms with Gasteiger partial charge in [0.1, 0.15) is 0 Å². The highest BCUT2D eigenvalue weighted by Gasteiger charge is 1.96. The summed E-state index contributed by atoms with van der Waals surface area (Å²) in [5.74, 6) is 0. The summed E-state index contributed by atoms with van der Waals surface area (Å²) in [6, 6.07) is 0. The smallest absolute Gasteiger partial charge is 0.00422 e. The van der Waals surface area contributed by atoms with Gasteiger partial charge in [-0.3, -0.25) is 0 Å². The summed E-state index contributed by atoms with van der Waals surface area (Å²) in [5.41, 5.74) is 2.43. The van der Waals surface area contributed by atoms with Gasteiger partial charge in [0.25, 0.3) is 0 Å². The molecule has 0 radical (unpaired) electrons. The van der Waals surface area contributed by atoms with Gasteiger partial charge in [0.2, 0.25) is 0 Å². The summed E-state index contributed by atoms with van der Waals surface area (Å²) in [7, 11) is 0. The summed E-state index contributed by atoms with van der Waals surface area (Å²) < 4.78 is 0. The van der Waals surface area contributed by atoms with Crippen LogP contribution in [0, 0.1) is 0 Å². The van der Waals surface area contributed by atoms with Crippen molar-refractivity contribution in [2.24, 2.45) is 0 Å². The molecule has 9 heavy (non-hydrogen) atoms. The minimum absolute atomic E-state index is 1.02. The van der Waals surface area contributed by atoms with Gasteiger partial charge in [0, 0.05) is 6.20 Å². The van der Waals surface area contributed by atoms with E-state index < -0.39 is 0 Å². The molecule has 1 aliphatic rings. The van der Waals surface area contributed by atoms with Gasteiger partial charge in [-0.15, -0.1) is 0 Å². The second-order valence-corrected chi connectivity index (χ2v) is 2.22. The van der Waals surface area contributed by atoms with Crippen LogP contribution in [0.3, 0.4) is 0 Å². The average molecular weight is 121 g/mol. The van der Waals surface area contributed by atoms with E-state index >= 15 is 0 Å². The molecule has 0 bridgehead atoms. The van der Waals surface area contributed by atoms with Crippen LogP contribution >= 0.6 is 0 Å². The molecule has 0 amide bonds. The third-order valence-corrected chi connectivity index (χ3v) is 1.36. The van der Waals surface area contributed by atoms with Crippen LogP contribution < -0.4 is 5.32 Å². The van der Waals surface area contributed by atoms with Gasteiger partial charge in [0.15, 0.2) is 0 Å². The molecule has 0 fully saturated rings. The minimum Gasteiger partial charge on any atom is -0.368 e. The lowest BCUT2D eigenvalue weighted by Crippen LogP contribution is -2.00. The minimum atomic E-state index is 1.02. The van der Waals surface area contributed by atoms with Crippen molar-refractivity contribution in [2.75, 3.05) is 0 Å². The Kier molecular flexibility index (Phi) is 1.73. The lowest BCUT2D eigenvalue weighted by Gasteiger charge is -2.07. The number of rotatable bonds is 1. The van der Waals surface area contributed by atoms with Crippen LogP contribution in [0.25, 0.3) is 0 Å². The molecule has 0 saturated heterocycles. The SMILES string of the molecule is C=C(C)C1=CNC=CC1. The summed E-state index contributed by atoms with van der Waals surface area (Å²) in [4.78, 5) is 0. The maximum atomic E-state index is 3.84. The Hall–Kier alpha value is -0.980.